The zero-order valence-corrected chi connectivity index (χ0v) is 21.1. The minimum absolute atomic E-state index is 0.00484. The summed E-state index contributed by atoms with van der Waals surface area (Å²) in [6.45, 7) is 7.74. The number of nitrogens with zero attached hydrogens (tertiary/aromatic N) is 2. The Morgan fingerprint density at radius 3 is 2.08 bits per heavy atom. The van der Waals surface area contributed by atoms with E-state index >= 15 is 0 Å². The van der Waals surface area contributed by atoms with Gasteiger partial charge in [-0.15, -0.1) is 0 Å². The summed E-state index contributed by atoms with van der Waals surface area (Å²) in [6, 6.07) is 13.5. The van der Waals surface area contributed by atoms with Gasteiger partial charge in [-0.3, -0.25) is 9.13 Å². The summed E-state index contributed by atoms with van der Waals surface area (Å²) in [4.78, 5) is 24.9. The van der Waals surface area contributed by atoms with Gasteiger partial charge in [0.05, 0.1) is 17.8 Å². The van der Waals surface area contributed by atoms with E-state index in [0.717, 1.165) is 4.57 Å². The van der Waals surface area contributed by atoms with E-state index in [-0.39, 0.29) is 42.6 Å². The lowest BCUT2D eigenvalue weighted by Gasteiger charge is -2.15. The summed E-state index contributed by atoms with van der Waals surface area (Å²) < 4.78 is 44.8. The van der Waals surface area contributed by atoms with Crippen LogP contribution in [0.4, 0.5) is 13.2 Å². The van der Waals surface area contributed by atoms with Gasteiger partial charge in [0, 0.05) is 6.54 Å². The standard InChI is InChI=1S/C28H33F3N2O3/c1-18(2)9-14-24-25(28(29,30)31)32(16-15-19(3)4)27(36)33(24)17-20-10-12-21(13-11-20)22-7-5-6-8-23(22)26(34)35/h5-8,10-13,18-19H,9,14-17H2,1-4H3,(H,34,35). The molecule has 0 aliphatic rings. The molecule has 0 saturated heterocycles. The molecular formula is C28H33F3N2O3. The molecule has 3 aromatic rings. The highest BCUT2D eigenvalue weighted by molar-refractivity contribution is 5.95. The number of rotatable bonds is 10. The first kappa shape index (κ1) is 27.3. The van der Waals surface area contributed by atoms with Gasteiger partial charge in [-0.1, -0.05) is 70.2 Å². The Morgan fingerprint density at radius 2 is 1.53 bits per heavy atom. The van der Waals surface area contributed by atoms with Gasteiger partial charge < -0.3 is 5.11 Å². The number of carboxylic acids is 1. The topological polar surface area (TPSA) is 64.2 Å². The first-order chi connectivity index (χ1) is 16.9. The summed E-state index contributed by atoms with van der Waals surface area (Å²) >= 11 is 0. The number of halogens is 3. The molecule has 2 aromatic carbocycles. The molecule has 8 heteroatoms. The van der Waals surface area contributed by atoms with Gasteiger partial charge >= 0.3 is 17.8 Å². The molecule has 1 aromatic heterocycles. The van der Waals surface area contributed by atoms with Crippen molar-refractivity contribution in [3.8, 4) is 11.1 Å². The van der Waals surface area contributed by atoms with Crippen molar-refractivity contribution in [3.63, 3.8) is 0 Å². The number of imidazole rings is 1. The monoisotopic (exact) mass is 502 g/mol. The van der Waals surface area contributed by atoms with Gasteiger partial charge in [0.25, 0.3) is 0 Å². The summed E-state index contributed by atoms with van der Waals surface area (Å²) in [5.74, 6) is -0.706. The number of hydrogen-bond donors (Lipinski definition) is 1. The molecule has 0 aliphatic carbocycles. The minimum atomic E-state index is -4.64. The Hall–Kier alpha value is -3.29. The van der Waals surface area contributed by atoms with Gasteiger partial charge in [0.15, 0.2) is 0 Å². The van der Waals surface area contributed by atoms with Crippen LogP contribution in [0.15, 0.2) is 53.3 Å². The van der Waals surface area contributed by atoms with E-state index in [4.69, 9.17) is 0 Å². The normalized spacial score (nSPS) is 12.0. The number of benzene rings is 2. The van der Waals surface area contributed by atoms with Crippen LogP contribution in [0.5, 0.6) is 0 Å². The maximum Gasteiger partial charge on any atom is 0.433 e. The zero-order chi connectivity index (χ0) is 26.6. The number of aromatic carboxylic acids is 1. The summed E-state index contributed by atoms with van der Waals surface area (Å²) in [5, 5.41) is 9.47. The Kier molecular flexibility index (Phi) is 8.48. The van der Waals surface area contributed by atoms with Crippen LogP contribution in [0.3, 0.4) is 0 Å². The van der Waals surface area contributed by atoms with Crippen molar-refractivity contribution in [2.24, 2.45) is 11.8 Å². The second kappa shape index (κ2) is 11.2. The zero-order valence-electron chi connectivity index (χ0n) is 21.1. The fourth-order valence-corrected chi connectivity index (χ4v) is 4.29. The molecule has 36 heavy (non-hydrogen) atoms. The van der Waals surface area contributed by atoms with Crippen molar-refractivity contribution in [2.45, 2.75) is 66.2 Å². The summed E-state index contributed by atoms with van der Waals surface area (Å²) in [6.07, 6.45) is -3.49. The van der Waals surface area contributed by atoms with Crippen molar-refractivity contribution >= 4 is 5.97 Å². The number of carboxylic acid groups (broad SMARTS) is 1. The molecule has 0 radical (unpaired) electrons. The molecule has 1 heterocycles. The average molecular weight is 503 g/mol. The minimum Gasteiger partial charge on any atom is -0.478 e. The molecule has 0 aliphatic heterocycles. The SMILES string of the molecule is CC(C)CCc1c(C(F)(F)F)n(CCC(C)C)c(=O)n1Cc1ccc(-c2ccccc2C(=O)O)cc1. The third-order valence-electron chi connectivity index (χ3n) is 6.25. The predicted molar refractivity (Wildman–Crippen MR) is 134 cm³/mol. The number of alkyl halides is 3. The van der Waals surface area contributed by atoms with Gasteiger partial charge in [-0.2, -0.15) is 13.2 Å². The number of aromatic nitrogens is 2. The van der Waals surface area contributed by atoms with Crippen LogP contribution in [-0.4, -0.2) is 20.2 Å². The Balaban J connectivity index is 2.04. The van der Waals surface area contributed by atoms with Crippen LogP contribution >= 0.6 is 0 Å². The molecule has 0 amide bonds. The van der Waals surface area contributed by atoms with E-state index in [1.54, 1.807) is 42.5 Å². The molecular weight excluding hydrogens is 469 g/mol. The van der Waals surface area contributed by atoms with Crippen LogP contribution in [0.25, 0.3) is 11.1 Å². The second-order valence-electron chi connectivity index (χ2n) is 9.98. The quantitative estimate of drug-likeness (QED) is 0.335. The number of carbonyl (C=O) groups is 1. The third kappa shape index (κ3) is 6.28. The van der Waals surface area contributed by atoms with Gasteiger partial charge in [-0.05, 0) is 53.9 Å². The second-order valence-corrected chi connectivity index (χ2v) is 9.98. The highest BCUT2D eigenvalue weighted by atomic mass is 19.4. The molecule has 0 spiro atoms. The van der Waals surface area contributed by atoms with Crippen LogP contribution < -0.4 is 5.69 Å². The van der Waals surface area contributed by atoms with Crippen LogP contribution in [-0.2, 0) is 25.7 Å². The maximum absolute atomic E-state index is 14.2. The molecule has 1 N–H and O–H groups in total. The van der Waals surface area contributed by atoms with Crippen molar-refractivity contribution in [1.29, 1.82) is 0 Å². The molecule has 194 valence electrons. The van der Waals surface area contributed by atoms with Crippen molar-refractivity contribution in [1.82, 2.24) is 9.13 Å². The smallest absolute Gasteiger partial charge is 0.433 e. The van der Waals surface area contributed by atoms with Gasteiger partial charge in [0.2, 0.25) is 0 Å². The molecule has 0 bridgehead atoms. The largest absolute Gasteiger partial charge is 0.478 e. The summed E-state index contributed by atoms with van der Waals surface area (Å²) in [7, 11) is 0. The average Bonchev–Trinajstić information content (AvgIpc) is 3.07. The molecule has 0 saturated carbocycles. The van der Waals surface area contributed by atoms with Crippen LogP contribution in [0, 0.1) is 11.8 Å². The fourth-order valence-electron chi connectivity index (χ4n) is 4.29. The molecule has 5 nitrogen and oxygen atoms in total. The van der Waals surface area contributed by atoms with Crippen molar-refractivity contribution in [2.75, 3.05) is 0 Å². The van der Waals surface area contributed by atoms with Crippen molar-refractivity contribution < 1.29 is 23.1 Å². The maximum atomic E-state index is 14.2. The van der Waals surface area contributed by atoms with E-state index in [0.29, 0.717) is 29.5 Å². The van der Waals surface area contributed by atoms with E-state index in [1.807, 2.05) is 27.7 Å². The molecule has 0 unspecified atom stereocenters. The first-order valence-corrected chi connectivity index (χ1v) is 12.2. The fraction of sp³-hybridized carbons (Fsp3) is 0.429. The van der Waals surface area contributed by atoms with E-state index < -0.39 is 23.5 Å². The Labute approximate surface area is 209 Å². The van der Waals surface area contributed by atoms with Crippen LogP contribution in [0.1, 0.15) is 67.8 Å². The highest BCUT2D eigenvalue weighted by Gasteiger charge is 2.40. The first-order valence-electron chi connectivity index (χ1n) is 12.2. The molecule has 0 fully saturated rings. The number of hydrogen-bond acceptors (Lipinski definition) is 2. The third-order valence-corrected chi connectivity index (χ3v) is 6.25. The highest BCUT2D eigenvalue weighted by Crippen LogP contribution is 2.33. The molecule has 3 rings (SSSR count). The Morgan fingerprint density at radius 1 is 0.917 bits per heavy atom. The van der Waals surface area contributed by atoms with Crippen molar-refractivity contribution in [3.05, 3.63) is 81.5 Å². The predicted octanol–water partition coefficient (Wildman–Crippen LogP) is 6.72. The summed E-state index contributed by atoms with van der Waals surface area (Å²) in [5.41, 5.74) is 0.567. The van der Waals surface area contributed by atoms with E-state index in [9.17, 15) is 27.9 Å². The lowest BCUT2D eigenvalue weighted by molar-refractivity contribution is -0.144. The van der Waals surface area contributed by atoms with Gasteiger partial charge in [0.1, 0.15) is 5.69 Å². The molecule has 0 atom stereocenters. The lowest BCUT2D eigenvalue weighted by atomic mass is 9.98. The van der Waals surface area contributed by atoms with E-state index in [1.165, 1.54) is 10.6 Å². The Bertz CT molecular complexity index is 1250. The van der Waals surface area contributed by atoms with Crippen LogP contribution in [0.2, 0.25) is 0 Å². The van der Waals surface area contributed by atoms with Gasteiger partial charge in [-0.25, -0.2) is 9.59 Å². The van der Waals surface area contributed by atoms with E-state index in [2.05, 4.69) is 0 Å². The lowest BCUT2D eigenvalue weighted by Crippen LogP contribution is -2.27.